The number of ether oxygens (including phenoxy) is 2. The predicted octanol–water partition coefficient (Wildman–Crippen LogP) is 3.59. The molecule has 0 saturated carbocycles. The van der Waals surface area contributed by atoms with Crippen LogP contribution in [-0.2, 0) is 9.47 Å². The van der Waals surface area contributed by atoms with E-state index >= 15 is 0 Å². The Morgan fingerprint density at radius 1 is 0.947 bits per heavy atom. The van der Waals surface area contributed by atoms with Crippen LogP contribution in [-0.4, -0.2) is 37.5 Å². The van der Waals surface area contributed by atoms with Gasteiger partial charge in [-0.2, -0.15) is 35.1 Å². The van der Waals surface area contributed by atoms with Crippen LogP contribution in [0.25, 0.3) is 0 Å². The molecule has 0 aliphatic rings. The van der Waals surface area contributed by atoms with E-state index in [1.807, 2.05) is 0 Å². The molecule has 0 heterocycles. The van der Waals surface area contributed by atoms with Crippen molar-refractivity contribution in [1.82, 2.24) is 0 Å². The summed E-state index contributed by atoms with van der Waals surface area (Å²) in [6.07, 6.45) is -16.8. The lowest BCUT2D eigenvalue weighted by molar-refractivity contribution is -0.465. The number of halogens is 9. The van der Waals surface area contributed by atoms with Gasteiger partial charge in [-0.25, -0.2) is 4.39 Å². The number of rotatable bonds is 7. The molecule has 0 fully saturated rings. The third-order valence-electron chi connectivity index (χ3n) is 1.81. The maximum atomic E-state index is 12.7. The smallest absolute Gasteiger partial charge is 0.319 e. The lowest BCUT2D eigenvalue weighted by Crippen LogP contribution is -2.58. The van der Waals surface area contributed by atoms with Gasteiger partial charge in [0.15, 0.2) is 0 Å². The Labute approximate surface area is 100 Å². The van der Waals surface area contributed by atoms with Crippen LogP contribution in [0.3, 0.4) is 0 Å². The molecule has 0 saturated heterocycles. The third kappa shape index (κ3) is 3.32. The number of methoxy groups -OCH3 is 1. The minimum atomic E-state index is -6.38. The molecule has 0 radical (unpaired) electrons. The maximum absolute atomic E-state index is 12.7. The molecule has 0 aromatic carbocycles. The van der Waals surface area contributed by atoms with Crippen molar-refractivity contribution < 1.29 is 49.0 Å². The van der Waals surface area contributed by atoms with E-state index in [0.717, 1.165) is 0 Å². The number of hydrogen-bond donors (Lipinski definition) is 0. The van der Waals surface area contributed by atoms with Gasteiger partial charge >= 0.3 is 24.1 Å². The fourth-order valence-electron chi connectivity index (χ4n) is 0.673. The van der Waals surface area contributed by atoms with Gasteiger partial charge in [0.25, 0.3) is 6.36 Å². The molecule has 0 rings (SSSR count). The van der Waals surface area contributed by atoms with Gasteiger partial charge in [-0.05, 0) is 6.08 Å². The zero-order chi connectivity index (χ0) is 15.7. The Morgan fingerprint density at radius 3 is 1.68 bits per heavy atom. The van der Waals surface area contributed by atoms with Crippen molar-refractivity contribution in [2.75, 3.05) is 7.11 Å². The van der Waals surface area contributed by atoms with Crippen molar-refractivity contribution >= 4 is 0 Å². The van der Waals surface area contributed by atoms with Gasteiger partial charge in [-0.1, -0.05) is 6.58 Å². The average Bonchev–Trinajstić information content (AvgIpc) is 2.27. The summed E-state index contributed by atoms with van der Waals surface area (Å²) in [5, 5.41) is 0. The second-order valence-electron chi connectivity index (χ2n) is 3.12. The molecule has 0 amide bonds. The van der Waals surface area contributed by atoms with Gasteiger partial charge in [0.1, 0.15) is 0 Å². The molecule has 1 unspecified atom stereocenters. The van der Waals surface area contributed by atoms with E-state index in [1.54, 1.807) is 0 Å². The first kappa shape index (κ1) is 18.0. The van der Waals surface area contributed by atoms with E-state index in [1.165, 1.54) is 0 Å². The third-order valence-corrected chi connectivity index (χ3v) is 1.81. The Kier molecular flexibility index (Phi) is 4.93. The molecule has 0 N–H and O–H groups in total. The Bertz CT molecular complexity index is 328. The maximum Gasteiger partial charge on any atom is 0.431 e. The van der Waals surface area contributed by atoms with E-state index in [4.69, 9.17) is 0 Å². The predicted molar refractivity (Wildman–Crippen MR) is 43.0 cm³/mol. The summed E-state index contributed by atoms with van der Waals surface area (Å²) in [5.41, 5.74) is 0. The number of hydrogen-bond acceptors (Lipinski definition) is 2. The van der Waals surface area contributed by atoms with Gasteiger partial charge in [0, 0.05) is 7.11 Å². The van der Waals surface area contributed by atoms with Crippen molar-refractivity contribution in [3.63, 3.8) is 0 Å². The first-order valence-corrected chi connectivity index (χ1v) is 4.27. The molecular formula is C8H7F9O2. The molecular weight excluding hydrogens is 299 g/mol. The fourth-order valence-corrected chi connectivity index (χ4v) is 0.673. The van der Waals surface area contributed by atoms with Gasteiger partial charge in [-0.15, -0.1) is 0 Å². The minimum absolute atomic E-state index is 0.0464. The zero-order valence-electron chi connectivity index (χ0n) is 9.08. The highest BCUT2D eigenvalue weighted by atomic mass is 19.4. The highest BCUT2D eigenvalue weighted by Crippen LogP contribution is 2.48. The van der Waals surface area contributed by atoms with Gasteiger partial charge < -0.3 is 4.74 Å². The second-order valence-corrected chi connectivity index (χ2v) is 3.12. The summed E-state index contributed by atoms with van der Waals surface area (Å²) in [6.45, 7) is 2.34. The molecule has 114 valence electrons. The summed E-state index contributed by atoms with van der Waals surface area (Å²) in [4.78, 5) is 0. The zero-order valence-corrected chi connectivity index (χ0v) is 9.08. The fraction of sp³-hybridized carbons (Fsp3) is 0.750. The largest absolute Gasteiger partial charge is 0.431 e. The standard InChI is InChI=1S/C8H7F9O2/c1-3-5(10,11)4(9)19-8(16,17)6(12,13)7(14,15)18-2/h3-4H,1H2,2H3. The minimum Gasteiger partial charge on any atom is -0.319 e. The van der Waals surface area contributed by atoms with Crippen molar-refractivity contribution in [2.24, 2.45) is 0 Å². The van der Waals surface area contributed by atoms with Gasteiger partial charge in [0.05, 0.1) is 0 Å². The van der Waals surface area contributed by atoms with Crippen LogP contribution < -0.4 is 0 Å². The first-order valence-electron chi connectivity index (χ1n) is 4.27. The Hall–Kier alpha value is -0.970. The van der Waals surface area contributed by atoms with E-state index in [0.29, 0.717) is 0 Å². The van der Waals surface area contributed by atoms with E-state index < -0.39 is 36.5 Å². The SMILES string of the molecule is C=CC(F)(F)C(F)OC(F)(F)C(F)(F)C(F)(F)OC. The topological polar surface area (TPSA) is 18.5 Å². The summed E-state index contributed by atoms with van der Waals surface area (Å²) >= 11 is 0. The molecule has 0 aliphatic carbocycles. The van der Waals surface area contributed by atoms with Gasteiger partial charge in [0.2, 0.25) is 0 Å². The molecule has 0 aromatic heterocycles. The highest BCUT2D eigenvalue weighted by molar-refractivity contribution is 4.92. The normalized spacial score (nSPS) is 16.3. The van der Waals surface area contributed by atoms with Crippen molar-refractivity contribution in [2.45, 2.75) is 30.4 Å². The first-order chi connectivity index (χ1) is 8.25. The highest BCUT2D eigenvalue weighted by Gasteiger charge is 2.75. The van der Waals surface area contributed by atoms with Crippen molar-refractivity contribution in [3.05, 3.63) is 12.7 Å². The summed E-state index contributed by atoms with van der Waals surface area (Å²) < 4.78 is 118. The molecule has 19 heavy (non-hydrogen) atoms. The van der Waals surface area contributed by atoms with Crippen molar-refractivity contribution in [1.29, 1.82) is 0 Å². The van der Waals surface area contributed by atoms with Crippen LogP contribution >= 0.6 is 0 Å². The molecule has 0 aromatic rings. The van der Waals surface area contributed by atoms with E-state index in [2.05, 4.69) is 16.1 Å². The molecule has 2 nitrogen and oxygen atoms in total. The summed E-state index contributed by atoms with van der Waals surface area (Å²) in [6, 6.07) is 0. The summed E-state index contributed by atoms with van der Waals surface area (Å²) in [5.74, 6) is -11.2. The monoisotopic (exact) mass is 306 g/mol. The van der Waals surface area contributed by atoms with Crippen LogP contribution in [0.5, 0.6) is 0 Å². The second kappa shape index (κ2) is 5.19. The molecule has 1 atom stereocenters. The lowest BCUT2D eigenvalue weighted by Gasteiger charge is -2.32. The number of alkyl halides is 9. The van der Waals surface area contributed by atoms with Crippen LogP contribution in [0.1, 0.15) is 0 Å². The molecule has 11 heteroatoms. The van der Waals surface area contributed by atoms with E-state index in [-0.39, 0.29) is 7.11 Å². The quantitative estimate of drug-likeness (QED) is 0.529. The van der Waals surface area contributed by atoms with Crippen LogP contribution in [0.2, 0.25) is 0 Å². The molecule has 0 aliphatic heterocycles. The van der Waals surface area contributed by atoms with E-state index in [9.17, 15) is 39.5 Å². The van der Waals surface area contributed by atoms with Crippen LogP contribution in [0.15, 0.2) is 12.7 Å². The lowest BCUT2D eigenvalue weighted by atomic mass is 10.2. The van der Waals surface area contributed by atoms with Gasteiger partial charge in [-0.3, -0.25) is 4.74 Å². The average molecular weight is 306 g/mol. The molecule has 0 bridgehead atoms. The summed E-state index contributed by atoms with van der Waals surface area (Å²) in [7, 11) is -0.0464. The van der Waals surface area contributed by atoms with Crippen LogP contribution in [0, 0.1) is 0 Å². The van der Waals surface area contributed by atoms with Crippen LogP contribution in [0.4, 0.5) is 39.5 Å². The van der Waals surface area contributed by atoms with Crippen molar-refractivity contribution in [3.8, 4) is 0 Å². The Morgan fingerprint density at radius 2 is 1.37 bits per heavy atom. The Balaban J connectivity index is 5.24. The molecule has 0 spiro atoms.